The molecule has 152 valence electrons. The SMILES string of the molecule is N#Cc1ccc(CNc2nc(NCCc3c[nH]c4ccccc34)nc3nc[nH]c23)cc1. The van der Waals surface area contributed by atoms with E-state index >= 15 is 0 Å². The summed E-state index contributed by atoms with van der Waals surface area (Å²) in [5.74, 6) is 1.21. The van der Waals surface area contributed by atoms with Crippen molar-refractivity contribution >= 4 is 33.8 Å². The predicted octanol–water partition coefficient (Wildman–Crippen LogP) is 3.97. The van der Waals surface area contributed by atoms with Gasteiger partial charge in [-0.05, 0) is 35.7 Å². The molecule has 0 atom stereocenters. The quantitative estimate of drug-likeness (QED) is 0.324. The summed E-state index contributed by atoms with van der Waals surface area (Å²) in [4.78, 5) is 19.8. The van der Waals surface area contributed by atoms with E-state index in [1.165, 1.54) is 10.9 Å². The molecule has 0 saturated carbocycles. The number of nitrogens with zero attached hydrogens (tertiary/aromatic N) is 4. The van der Waals surface area contributed by atoms with Gasteiger partial charge in [-0.3, -0.25) is 0 Å². The van der Waals surface area contributed by atoms with Crippen molar-refractivity contribution in [3.05, 3.63) is 77.7 Å². The van der Waals surface area contributed by atoms with Gasteiger partial charge < -0.3 is 20.6 Å². The number of hydrogen-bond acceptors (Lipinski definition) is 6. The maximum Gasteiger partial charge on any atom is 0.226 e. The number of imidazole rings is 1. The van der Waals surface area contributed by atoms with Gasteiger partial charge in [0.25, 0.3) is 0 Å². The second-order valence-electron chi connectivity index (χ2n) is 7.20. The molecule has 0 aliphatic heterocycles. The summed E-state index contributed by atoms with van der Waals surface area (Å²) >= 11 is 0. The minimum absolute atomic E-state index is 0.529. The summed E-state index contributed by atoms with van der Waals surface area (Å²) in [6.45, 7) is 1.28. The van der Waals surface area contributed by atoms with E-state index in [1.54, 1.807) is 18.5 Å². The van der Waals surface area contributed by atoms with Crippen LogP contribution in [0.15, 0.2) is 61.1 Å². The van der Waals surface area contributed by atoms with Crippen molar-refractivity contribution in [1.82, 2.24) is 24.9 Å². The number of aromatic amines is 2. The van der Waals surface area contributed by atoms with Crippen LogP contribution in [0.4, 0.5) is 11.8 Å². The van der Waals surface area contributed by atoms with Gasteiger partial charge in [0.05, 0.1) is 18.0 Å². The van der Waals surface area contributed by atoms with Gasteiger partial charge in [0.15, 0.2) is 11.5 Å². The van der Waals surface area contributed by atoms with Crippen molar-refractivity contribution in [3.8, 4) is 6.07 Å². The van der Waals surface area contributed by atoms with Gasteiger partial charge in [-0.1, -0.05) is 30.3 Å². The van der Waals surface area contributed by atoms with Crippen LogP contribution in [0.5, 0.6) is 0 Å². The lowest BCUT2D eigenvalue weighted by Gasteiger charge is -2.10. The Morgan fingerprint density at radius 2 is 1.84 bits per heavy atom. The molecule has 0 bridgehead atoms. The highest BCUT2D eigenvalue weighted by molar-refractivity contribution is 5.84. The summed E-state index contributed by atoms with van der Waals surface area (Å²) in [5, 5.41) is 16.8. The van der Waals surface area contributed by atoms with Crippen LogP contribution in [0.3, 0.4) is 0 Å². The lowest BCUT2D eigenvalue weighted by Crippen LogP contribution is -2.10. The number of aromatic nitrogens is 5. The van der Waals surface area contributed by atoms with E-state index in [9.17, 15) is 0 Å². The molecule has 2 aromatic carbocycles. The van der Waals surface area contributed by atoms with E-state index < -0.39 is 0 Å². The molecule has 0 amide bonds. The van der Waals surface area contributed by atoms with E-state index in [2.05, 4.69) is 60.0 Å². The molecule has 5 rings (SSSR count). The van der Waals surface area contributed by atoms with E-state index in [0.717, 1.165) is 23.0 Å². The second-order valence-corrected chi connectivity index (χ2v) is 7.20. The van der Waals surface area contributed by atoms with Gasteiger partial charge in [0.2, 0.25) is 5.95 Å². The first-order valence-electron chi connectivity index (χ1n) is 10.0. The average Bonchev–Trinajstić information content (AvgIpc) is 3.45. The molecule has 0 aliphatic rings. The smallest absolute Gasteiger partial charge is 0.226 e. The summed E-state index contributed by atoms with van der Waals surface area (Å²) in [6.07, 6.45) is 4.51. The summed E-state index contributed by atoms with van der Waals surface area (Å²) in [5.41, 5.74) is 5.45. The van der Waals surface area contributed by atoms with Gasteiger partial charge in [-0.15, -0.1) is 0 Å². The fourth-order valence-corrected chi connectivity index (χ4v) is 3.57. The fourth-order valence-electron chi connectivity index (χ4n) is 3.57. The Hall–Kier alpha value is -4.38. The molecule has 0 radical (unpaired) electrons. The molecule has 5 aromatic rings. The zero-order valence-electron chi connectivity index (χ0n) is 16.7. The number of hydrogen-bond donors (Lipinski definition) is 4. The van der Waals surface area contributed by atoms with E-state index in [0.29, 0.717) is 36.1 Å². The molecular weight excluding hydrogens is 388 g/mol. The Balaban J connectivity index is 1.29. The lowest BCUT2D eigenvalue weighted by atomic mass is 10.1. The highest BCUT2D eigenvalue weighted by Crippen LogP contribution is 2.21. The Bertz CT molecular complexity index is 1370. The minimum Gasteiger partial charge on any atom is -0.364 e. The summed E-state index contributed by atoms with van der Waals surface area (Å²) < 4.78 is 0. The first-order valence-corrected chi connectivity index (χ1v) is 10.0. The van der Waals surface area contributed by atoms with Crippen molar-refractivity contribution < 1.29 is 0 Å². The molecule has 0 aliphatic carbocycles. The molecule has 8 heteroatoms. The molecule has 3 heterocycles. The second kappa shape index (κ2) is 8.16. The van der Waals surface area contributed by atoms with Crippen molar-refractivity contribution in [2.24, 2.45) is 0 Å². The van der Waals surface area contributed by atoms with Crippen LogP contribution < -0.4 is 10.6 Å². The fraction of sp³-hybridized carbons (Fsp3) is 0.130. The number of H-pyrrole nitrogens is 2. The van der Waals surface area contributed by atoms with E-state index in [1.807, 2.05) is 24.3 Å². The molecule has 31 heavy (non-hydrogen) atoms. The first-order chi connectivity index (χ1) is 15.3. The van der Waals surface area contributed by atoms with Gasteiger partial charge >= 0.3 is 0 Å². The first kappa shape index (κ1) is 18.6. The summed E-state index contributed by atoms with van der Waals surface area (Å²) in [7, 11) is 0. The average molecular weight is 408 g/mol. The predicted molar refractivity (Wildman–Crippen MR) is 121 cm³/mol. The van der Waals surface area contributed by atoms with Crippen molar-refractivity contribution in [3.63, 3.8) is 0 Å². The third kappa shape index (κ3) is 3.89. The molecule has 4 N–H and O–H groups in total. The molecule has 0 fully saturated rings. The molecule has 0 saturated heterocycles. The van der Waals surface area contributed by atoms with Gasteiger partial charge in [0.1, 0.15) is 5.52 Å². The number of fused-ring (bicyclic) bond motifs is 2. The molecule has 0 unspecified atom stereocenters. The van der Waals surface area contributed by atoms with Crippen LogP contribution >= 0.6 is 0 Å². The zero-order valence-corrected chi connectivity index (χ0v) is 16.7. The van der Waals surface area contributed by atoms with Gasteiger partial charge in [-0.25, -0.2) is 4.98 Å². The Labute approximate surface area is 178 Å². The number of benzene rings is 2. The van der Waals surface area contributed by atoms with Gasteiger partial charge in [0, 0.05) is 30.2 Å². The number of rotatable bonds is 7. The van der Waals surface area contributed by atoms with E-state index in [4.69, 9.17) is 5.26 Å². The van der Waals surface area contributed by atoms with Crippen LogP contribution in [0, 0.1) is 11.3 Å². The Morgan fingerprint density at radius 3 is 2.71 bits per heavy atom. The van der Waals surface area contributed by atoms with Crippen LogP contribution in [0.1, 0.15) is 16.7 Å². The Morgan fingerprint density at radius 1 is 0.968 bits per heavy atom. The zero-order chi connectivity index (χ0) is 21.0. The largest absolute Gasteiger partial charge is 0.364 e. The lowest BCUT2D eigenvalue weighted by molar-refractivity contribution is 0.992. The van der Waals surface area contributed by atoms with Crippen LogP contribution in [-0.4, -0.2) is 31.5 Å². The van der Waals surface area contributed by atoms with Crippen LogP contribution in [0.25, 0.3) is 22.1 Å². The molecule has 3 aromatic heterocycles. The molecule has 8 nitrogen and oxygen atoms in total. The monoisotopic (exact) mass is 408 g/mol. The highest BCUT2D eigenvalue weighted by atomic mass is 15.2. The molecular formula is C23H20N8. The topological polar surface area (TPSA) is 118 Å². The maximum absolute atomic E-state index is 8.94. The molecule has 0 spiro atoms. The van der Waals surface area contributed by atoms with Gasteiger partial charge in [-0.2, -0.15) is 15.2 Å². The highest BCUT2D eigenvalue weighted by Gasteiger charge is 2.10. The van der Waals surface area contributed by atoms with Crippen molar-refractivity contribution in [2.45, 2.75) is 13.0 Å². The van der Waals surface area contributed by atoms with Crippen molar-refractivity contribution in [1.29, 1.82) is 5.26 Å². The maximum atomic E-state index is 8.94. The number of nitrogens with one attached hydrogen (secondary N) is 4. The summed E-state index contributed by atoms with van der Waals surface area (Å²) in [6, 6.07) is 17.9. The van der Waals surface area contributed by atoms with Crippen molar-refractivity contribution in [2.75, 3.05) is 17.2 Å². The third-order valence-corrected chi connectivity index (χ3v) is 5.18. The number of nitriles is 1. The number of para-hydroxylation sites is 1. The normalized spacial score (nSPS) is 10.9. The van der Waals surface area contributed by atoms with Crippen LogP contribution in [-0.2, 0) is 13.0 Å². The van der Waals surface area contributed by atoms with Crippen LogP contribution in [0.2, 0.25) is 0 Å². The minimum atomic E-state index is 0.529. The number of anilines is 2. The van der Waals surface area contributed by atoms with E-state index in [-0.39, 0.29) is 0 Å². The standard InChI is InChI=1S/C23H20N8/c24-11-15-5-7-16(8-6-15)12-27-21-20-22(29-14-28-20)31-23(30-21)25-10-9-17-13-26-19-4-2-1-3-18(17)19/h1-8,13-14,26H,9-10,12H2,(H3,25,27,28,29,30,31). The Kier molecular flexibility index (Phi) is 4.91. The third-order valence-electron chi connectivity index (χ3n) is 5.18.